The first-order chi connectivity index (χ1) is 15.2. The molecular weight excluding hydrogens is 408 g/mol. The van der Waals surface area contributed by atoms with Crippen LogP contribution in [0.2, 0.25) is 5.02 Å². The Morgan fingerprint density at radius 2 is 0.844 bits per heavy atom. The summed E-state index contributed by atoms with van der Waals surface area (Å²) in [4.78, 5) is 0. The molecule has 0 aromatic heterocycles. The third-order valence-electron chi connectivity index (χ3n) is 4.81. The van der Waals surface area contributed by atoms with Crippen molar-refractivity contribution < 1.29 is 0 Å². The van der Waals surface area contributed by atoms with Crippen molar-refractivity contribution in [3.63, 3.8) is 0 Å². The molecule has 0 aliphatic carbocycles. The van der Waals surface area contributed by atoms with E-state index in [1.807, 2.05) is 12.1 Å². The van der Waals surface area contributed by atoms with Gasteiger partial charge in [0.25, 0.3) is 0 Å². The fraction of sp³-hybridized carbons (Fsp3) is 0.419. The Morgan fingerprint density at radius 3 is 1.22 bits per heavy atom. The fourth-order valence-electron chi connectivity index (χ4n) is 3.37. The molecule has 0 spiro atoms. The Morgan fingerprint density at radius 1 is 0.500 bits per heavy atom. The van der Waals surface area contributed by atoms with Crippen LogP contribution in [-0.2, 0) is 19.3 Å². The van der Waals surface area contributed by atoms with Gasteiger partial charge in [-0.25, -0.2) is 0 Å². The van der Waals surface area contributed by atoms with Gasteiger partial charge in [-0.2, -0.15) is 0 Å². The predicted molar refractivity (Wildman–Crippen MR) is 145 cm³/mol. The first-order valence-electron chi connectivity index (χ1n) is 12.0. The minimum absolute atomic E-state index is 0.719. The molecule has 0 fully saturated rings. The normalized spacial score (nSPS) is 10.5. The highest BCUT2D eigenvalue weighted by Gasteiger charge is 1.97. The number of hydrogen-bond donors (Lipinski definition) is 0. The molecule has 0 aliphatic heterocycles. The van der Waals surface area contributed by atoms with E-state index < -0.39 is 0 Å². The van der Waals surface area contributed by atoms with Crippen LogP contribution >= 0.6 is 11.6 Å². The van der Waals surface area contributed by atoms with E-state index >= 15 is 0 Å². The van der Waals surface area contributed by atoms with Gasteiger partial charge in [-0.05, 0) is 72.8 Å². The van der Waals surface area contributed by atoms with Crippen molar-refractivity contribution in [3.8, 4) is 0 Å². The molecular formula is C31H43Cl. The summed E-state index contributed by atoms with van der Waals surface area (Å²) in [6, 6.07) is 27.5. The lowest BCUT2D eigenvalue weighted by molar-refractivity contribution is 0.647. The Hall–Kier alpha value is -2.05. The molecule has 174 valence electrons. The third kappa shape index (κ3) is 14.1. The van der Waals surface area contributed by atoms with E-state index in [1.165, 1.54) is 35.1 Å². The number of rotatable bonds is 6. The summed E-state index contributed by atoms with van der Waals surface area (Å²) >= 11 is 5.75. The summed E-state index contributed by atoms with van der Waals surface area (Å²) in [7, 11) is 0. The van der Waals surface area contributed by atoms with E-state index in [4.69, 9.17) is 11.6 Å². The van der Waals surface area contributed by atoms with Crippen LogP contribution in [0.4, 0.5) is 0 Å². The molecule has 32 heavy (non-hydrogen) atoms. The second kappa shape index (κ2) is 15.7. The molecule has 0 saturated carbocycles. The molecule has 0 N–H and O–H groups in total. The summed E-state index contributed by atoms with van der Waals surface area (Å²) in [6.07, 6.45) is 3.53. The predicted octanol–water partition coefficient (Wildman–Crippen LogP) is 9.62. The maximum Gasteiger partial charge on any atom is 0.0406 e. The summed E-state index contributed by atoms with van der Waals surface area (Å²) in [5, 5.41) is 0.817. The second-order valence-electron chi connectivity index (χ2n) is 9.89. The molecule has 0 aliphatic rings. The van der Waals surface area contributed by atoms with E-state index in [-0.39, 0.29) is 0 Å². The van der Waals surface area contributed by atoms with Crippen molar-refractivity contribution >= 4 is 11.6 Å². The topological polar surface area (TPSA) is 0 Å². The maximum absolute atomic E-state index is 5.75. The zero-order valence-corrected chi connectivity index (χ0v) is 22.0. The van der Waals surface area contributed by atoms with Gasteiger partial charge in [-0.15, -0.1) is 0 Å². The van der Waals surface area contributed by atoms with Crippen molar-refractivity contribution in [1.29, 1.82) is 0 Å². The molecule has 0 amide bonds. The zero-order chi connectivity index (χ0) is 23.9. The quantitative estimate of drug-likeness (QED) is 0.350. The van der Waals surface area contributed by atoms with Crippen LogP contribution in [0.25, 0.3) is 0 Å². The molecule has 3 aromatic carbocycles. The van der Waals surface area contributed by atoms with Gasteiger partial charge >= 0.3 is 0 Å². The Labute approximate surface area is 203 Å². The van der Waals surface area contributed by atoms with Gasteiger partial charge in [0.2, 0.25) is 0 Å². The third-order valence-corrected chi connectivity index (χ3v) is 5.06. The van der Waals surface area contributed by atoms with E-state index in [0.29, 0.717) is 0 Å². The van der Waals surface area contributed by atoms with Gasteiger partial charge in [0, 0.05) is 5.02 Å². The van der Waals surface area contributed by atoms with Crippen LogP contribution in [0.3, 0.4) is 0 Å². The second-order valence-corrected chi connectivity index (χ2v) is 10.3. The van der Waals surface area contributed by atoms with E-state index in [1.54, 1.807) is 0 Å². The van der Waals surface area contributed by atoms with Gasteiger partial charge in [-0.3, -0.25) is 0 Å². The average Bonchev–Trinajstić information content (AvgIpc) is 2.72. The van der Waals surface area contributed by atoms with Gasteiger partial charge in [0.15, 0.2) is 0 Å². The number of halogens is 1. The lowest BCUT2D eigenvalue weighted by Crippen LogP contribution is -1.93. The molecule has 0 heterocycles. The highest BCUT2D eigenvalue weighted by Crippen LogP contribution is 2.12. The summed E-state index contributed by atoms with van der Waals surface area (Å²) < 4.78 is 0. The molecule has 0 radical (unpaired) electrons. The minimum Gasteiger partial charge on any atom is -0.0843 e. The molecule has 1 heteroatoms. The van der Waals surface area contributed by atoms with Gasteiger partial charge in [0.1, 0.15) is 0 Å². The standard InChI is InChI=1S/C11H16.C10H13Cl.C10H14/c1-9(2)8-11-6-4-10(3)5-7-11;1-8(2)7-9-3-5-10(11)6-4-9;1-9(2)8-10-6-4-3-5-7-10/h4-7,9H,8H2,1-3H3;3-6,8H,7H2,1-2H3;3-7,9H,8H2,1-2H3. The Kier molecular flexibility index (Phi) is 13.7. The molecule has 0 nitrogen and oxygen atoms in total. The molecule has 0 saturated heterocycles. The van der Waals surface area contributed by atoms with Crippen LogP contribution < -0.4 is 0 Å². The van der Waals surface area contributed by atoms with Crippen molar-refractivity contribution in [2.24, 2.45) is 17.8 Å². The van der Waals surface area contributed by atoms with Crippen LogP contribution in [0.5, 0.6) is 0 Å². The van der Waals surface area contributed by atoms with Crippen LogP contribution in [0.1, 0.15) is 63.8 Å². The Bertz CT molecular complexity index is 776. The molecule has 3 aromatic rings. The summed E-state index contributed by atoms with van der Waals surface area (Å²) in [5.74, 6) is 2.25. The van der Waals surface area contributed by atoms with Crippen molar-refractivity contribution in [2.75, 3.05) is 0 Å². The smallest absolute Gasteiger partial charge is 0.0406 e. The van der Waals surface area contributed by atoms with Crippen molar-refractivity contribution in [3.05, 3.63) is 106 Å². The SMILES string of the molecule is CC(C)Cc1ccc(Cl)cc1.CC(C)Cc1ccccc1.Cc1ccc(CC(C)C)cc1. The van der Waals surface area contributed by atoms with E-state index in [9.17, 15) is 0 Å². The molecule has 0 atom stereocenters. The van der Waals surface area contributed by atoms with Crippen LogP contribution in [0, 0.1) is 24.7 Å². The van der Waals surface area contributed by atoms with Gasteiger partial charge in [-0.1, -0.05) is 125 Å². The summed E-state index contributed by atoms with van der Waals surface area (Å²) in [6.45, 7) is 15.5. The minimum atomic E-state index is 0.719. The van der Waals surface area contributed by atoms with Gasteiger partial charge < -0.3 is 0 Å². The Balaban J connectivity index is 0.000000240. The highest BCUT2D eigenvalue weighted by molar-refractivity contribution is 6.30. The average molecular weight is 451 g/mol. The fourth-order valence-corrected chi connectivity index (χ4v) is 3.50. The number of hydrogen-bond acceptors (Lipinski definition) is 0. The first kappa shape index (κ1) is 28.0. The largest absolute Gasteiger partial charge is 0.0843 e. The van der Waals surface area contributed by atoms with Crippen molar-refractivity contribution in [2.45, 2.75) is 67.7 Å². The summed E-state index contributed by atoms with van der Waals surface area (Å²) in [5.41, 5.74) is 5.60. The maximum atomic E-state index is 5.75. The van der Waals surface area contributed by atoms with Gasteiger partial charge in [0.05, 0.1) is 0 Å². The van der Waals surface area contributed by atoms with E-state index in [2.05, 4.69) is 115 Å². The monoisotopic (exact) mass is 450 g/mol. The molecule has 0 unspecified atom stereocenters. The zero-order valence-electron chi connectivity index (χ0n) is 21.2. The molecule has 0 bridgehead atoms. The first-order valence-corrected chi connectivity index (χ1v) is 12.4. The number of benzene rings is 3. The lowest BCUT2D eigenvalue weighted by atomic mass is 10.0. The van der Waals surface area contributed by atoms with Crippen molar-refractivity contribution in [1.82, 2.24) is 0 Å². The van der Waals surface area contributed by atoms with Crippen LogP contribution in [0.15, 0.2) is 78.9 Å². The number of aryl methyl sites for hydroxylation is 1. The highest BCUT2D eigenvalue weighted by atomic mass is 35.5. The lowest BCUT2D eigenvalue weighted by Gasteiger charge is -2.04. The van der Waals surface area contributed by atoms with Crippen LogP contribution in [-0.4, -0.2) is 0 Å². The molecule has 3 rings (SSSR count). The van der Waals surface area contributed by atoms with E-state index in [0.717, 1.165) is 29.2 Å².